The average molecular weight is 421 g/mol. The first kappa shape index (κ1) is 20.6. The van der Waals surface area contributed by atoms with Gasteiger partial charge in [-0.15, -0.1) is 0 Å². The molecule has 28 heavy (non-hydrogen) atoms. The van der Waals surface area contributed by atoms with E-state index in [0.29, 0.717) is 39.6 Å². The van der Waals surface area contributed by atoms with Gasteiger partial charge in [0.25, 0.3) is 0 Å². The number of ether oxygens (including phenoxy) is 2. The molecule has 3 rings (SSSR count). The van der Waals surface area contributed by atoms with Gasteiger partial charge in [-0.25, -0.2) is 4.79 Å². The lowest BCUT2D eigenvalue weighted by Gasteiger charge is -2.25. The van der Waals surface area contributed by atoms with Gasteiger partial charge in [0.2, 0.25) is 0 Å². The molecule has 1 saturated carbocycles. The fraction of sp³-hybridized carbons (Fsp3) is 0.318. The molecule has 2 aromatic rings. The summed E-state index contributed by atoms with van der Waals surface area (Å²) in [4.78, 5) is 11.5. The summed E-state index contributed by atoms with van der Waals surface area (Å²) in [6.07, 6.45) is 5.18. The van der Waals surface area contributed by atoms with E-state index < -0.39 is 5.97 Å². The van der Waals surface area contributed by atoms with E-state index in [2.05, 4.69) is 0 Å². The van der Waals surface area contributed by atoms with Crippen molar-refractivity contribution in [2.24, 2.45) is 5.92 Å². The normalized spacial score (nSPS) is 14.5. The van der Waals surface area contributed by atoms with Crippen molar-refractivity contribution in [2.45, 2.75) is 32.8 Å². The quantitative estimate of drug-likeness (QED) is 0.513. The molecule has 0 aromatic heterocycles. The Bertz CT molecular complexity index is 865. The minimum absolute atomic E-state index is 0.190. The van der Waals surface area contributed by atoms with Crippen LogP contribution >= 0.6 is 23.2 Å². The molecule has 1 aliphatic carbocycles. The molecule has 1 aliphatic rings. The highest BCUT2D eigenvalue weighted by Crippen LogP contribution is 2.38. The SMILES string of the molecule is C/C=C(/C(=O)O)c1ccccc1COc1cc(Cl)c(OCC2CCC2)c(Cl)c1. The zero-order chi connectivity index (χ0) is 20.1. The van der Waals surface area contributed by atoms with Crippen molar-refractivity contribution >= 4 is 34.7 Å². The van der Waals surface area contributed by atoms with Crippen LogP contribution in [0.2, 0.25) is 10.0 Å². The molecule has 0 radical (unpaired) electrons. The van der Waals surface area contributed by atoms with Gasteiger partial charge < -0.3 is 14.6 Å². The Hall–Kier alpha value is -2.17. The van der Waals surface area contributed by atoms with Crippen molar-refractivity contribution in [1.29, 1.82) is 0 Å². The monoisotopic (exact) mass is 420 g/mol. The van der Waals surface area contributed by atoms with Crippen LogP contribution in [0.15, 0.2) is 42.5 Å². The number of carbonyl (C=O) groups is 1. The van der Waals surface area contributed by atoms with Crippen molar-refractivity contribution in [3.05, 3.63) is 63.6 Å². The molecule has 0 atom stereocenters. The molecule has 0 spiro atoms. The smallest absolute Gasteiger partial charge is 0.335 e. The number of allylic oxidation sites excluding steroid dienone is 1. The third kappa shape index (κ3) is 4.81. The fourth-order valence-electron chi connectivity index (χ4n) is 3.08. The van der Waals surface area contributed by atoms with Crippen LogP contribution in [0.4, 0.5) is 0 Å². The second-order valence-electron chi connectivity index (χ2n) is 6.78. The Morgan fingerprint density at radius 3 is 2.43 bits per heavy atom. The Kier molecular flexibility index (Phi) is 6.87. The first-order valence-corrected chi connectivity index (χ1v) is 9.97. The van der Waals surface area contributed by atoms with Gasteiger partial charge in [-0.1, -0.05) is 60.0 Å². The number of hydrogen-bond acceptors (Lipinski definition) is 3. The van der Waals surface area contributed by atoms with E-state index in [4.69, 9.17) is 32.7 Å². The highest BCUT2D eigenvalue weighted by Gasteiger charge is 2.20. The summed E-state index contributed by atoms with van der Waals surface area (Å²) in [5.74, 6) is 0.576. The van der Waals surface area contributed by atoms with Crippen LogP contribution in [0, 0.1) is 5.92 Å². The molecule has 6 heteroatoms. The van der Waals surface area contributed by atoms with Gasteiger partial charge in [0.1, 0.15) is 12.4 Å². The molecule has 0 amide bonds. The molecule has 0 saturated heterocycles. The number of carboxylic acid groups (broad SMARTS) is 1. The molecule has 148 valence electrons. The minimum atomic E-state index is -0.978. The molecule has 0 aliphatic heterocycles. The standard InChI is InChI=1S/C22H22Cl2O4/c1-2-17(22(25)26)18-9-4-3-8-15(18)13-27-16-10-19(23)21(20(24)11-16)28-12-14-6-5-7-14/h2-4,8-11,14H,5-7,12-13H2,1H3,(H,25,26)/b17-2+. The van der Waals surface area contributed by atoms with Gasteiger partial charge in [0, 0.05) is 12.1 Å². The summed E-state index contributed by atoms with van der Waals surface area (Å²) in [5, 5.41) is 10.2. The number of carboxylic acids is 1. The van der Waals surface area contributed by atoms with Crippen LogP contribution in [0.3, 0.4) is 0 Å². The van der Waals surface area contributed by atoms with E-state index in [1.807, 2.05) is 12.1 Å². The Morgan fingerprint density at radius 1 is 1.18 bits per heavy atom. The van der Waals surface area contributed by atoms with E-state index in [0.717, 1.165) is 5.56 Å². The topological polar surface area (TPSA) is 55.8 Å². The van der Waals surface area contributed by atoms with Crippen molar-refractivity contribution in [3.63, 3.8) is 0 Å². The predicted molar refractivity (Wildman–Crippen MR) is 111 cm³/mol. The number of hydrogen-bond donors (Lipinski definition) is 1. The Balaban J connectivity index is 1.72. The summed E-state index contributed by atoms with van der Waals surface area (Å²) in [5.41, 5.74) is 1.61. The van der Waals surface area contributed by atoms with E-state index in [1.54, 1.807) is 37.3 Å². The van der Waals surface area contributed by atoms with E-state index >= 15 is 0 Å². The van der Waals surface area contributed by atoms with Gasteiger partial charge in [0.05, 0.1) is 22.2 Å². The van der Waals surface area contributed by atoms with Crippen LogP contribution in [-0.2, 0) is 11.4 Å². The van der Waals surface area contributed by atoms with Crippen molar-refractivity contribution in [2.75, 3.05) is 6.61 Å². The van der Waals surface area contributed by atoms with Gasteiger partial charge in [0.15, 0.2) is 5.75 Å². The second-order valence-corrected chi connectivity index (χ2v) is 7.59. The summed E-state index contributed by atoms with van der Waals surface area (Å²) in [7, 11) is 0. The number of rotatable bonds is 8. The maximum atomic E-state index is 11.5. The molecule has 0 heterocycles. The third-order valence-corrected chi connectivity index (χ3v) is 5.44. The van der Waals surface area contributed by atoms with Crippen molar-refractivity contribution in [1.82, 2.24) is 0 Å². The van der Waals surface area contributed by atoms with Gasteiger partial charge in [-0.3, -0.25) is 0 Å². The number of benzene rings is 2. The number of halogens is 2. The maximum Gasteiger partial charge on any atom is 0.335 e. The highest BCUT2D eigenvalue weighted by molar-refractivity contribution is 6.37. The summed E-state index contributed by atoms with van der Waals surface area (Å²) in [6.45, 7) is 2.51. The van der Waals surface area contributed by atoms with Gasteiger partial charge >= 0.3 is 5.97 Å². The first-order valence-electron chi connectivity index (χ1n) is 9.22. The average Bonchev–Trinajstić information content (AvgIpc) is 2.62. The lowest BCUT2D eigenvalue weighted by Crippen LogP contribution is -2.19. The third-order valence-electron chi connectivity index (χ3n) is 4.88. The molecular weight excluding hydrogens is 399 g/mol. The summed E-state index contributed by atoms with van der Waals surface area (Å²) < 4.78 is 11.6. The summed E-state index contributed by atoms with van der Waals surface area (Å²) >= 11 is 12.7. The van der Waals surface area contributed by atoms with Crippen LogP contribution < -0.4 is 9.47 Å². The van der Waals surface area contributed by atoms with Crippen LogP contribution in [0.25, 0.3) is 5.57 Å². The van der Waals surface area contributed by atoms with Gasteiger partial charge in [-0.05, 0) is 36.8 Å². The van der Waals surface area contributed by atoms with E-state index in [9.17, 15) is 9.90 Å². The molecule has 2 aromatic carbocycles. The largest absolute Gasteiger partial charge is 0.490 e. The lowest BCUT2D eigenvalue weighted by atomic mass is 9.86. The maximum absolute atomic E-state index is 11.5. The first-order chi connectivity index (χ1) is 13.5. The fourth-order valence-corrected chi connectivity index (χ4v) is 3.66. The Labute approximate surface area is 174 Å². The van der Waals surface area contributed by atoms with Gasteiger partial charge in [-0.2, -0.15) is 0 Å². The molecule has 1 fully saturated rings. The molecule has 0 bridgehead atoms. The molecule has 4 nitrogen and oxygen atoms in total. The van der Waals surface area contributed by atoms with Crippen molar-refractivity contribution < 1.29 is 19.4 Å². The molecule has 1 N–H and O–H groups in total. The zero-order valence-electron chi connectivity index (χ0n) is 15.6. The zero-order valence-corrected chi connectivity index (χ0v) is 17.1. The van der Waals surface area contributed by atoms with Crippen LogP contribution in [-0.4, -0.2) is 17.7 Å². The molecular formula is C22H22Cl2O4. The second kappa shape index (κ2) is 9.35. The van der Waals surface area contributed by atoms with Crippen LogP contribution in [0.1, 0.15) is 37.3 Å². The highest BCUT2D eigenvalue weighted by atomic mass is 35.5. The molecule has 0 unspecified atom stereocenters. The Morgan fingerprint density at radius 2 is 1.86 bits per heavy atom. The summed E-state index contributed by atoms with van der Waals surface area (Å²) in [6, 6.07) is 10.6. The van der Waals surface area contributed by atoms with E-state index in [-0.39, 0.29) is 12.2 Å². The van der Waals surface area contributed by atoms with Crippen LogP contribution in [0.5, 0.6) is 11.5 Å². The predicted octanol–water partition coefficient (Wildman–Crippen LogP) is 6.24. The lowest BCUT2D eigenvalue weighted by molar-refractivity contribution is -0.130. The minimum Gasteiger partial charge on any atom is -0.490 e. The van der Waals surface area contributed by atoms with Crippen molar-refractivity contribution in [3.8, 4) is 11.5 Å². The van der Waals surface area contributed by atoms with E-state index in [1.165, 1.54) is 19.3 Å². The number of aliphatic carboxylic acids is 1.